The predicted octanol–water partition coefficient (Wildman–Crippen LogP) is 3.03. The maximum Gasteiger partial charge on any atom is 0.257 e. The van der Waals surface area contributed by atoms with E-state index >= 15 is 0 Å². The smallest absolute Gasteiger partial charge is 0.257 e. The van der Waals surface area contributed by atoms with E-state index in [1.807, 2.05) is 6.07 Å². The summed E-state index contributed by atoms with van der Waals surface area (Å²) in [7, 11) is -3.57. The molecule has 0 aliphatic heterocycles. The first kappa shape index (κ1) is 18.9. The molecule has 9 heteroatoms. The second kappa shape index (κ2) is 7.66. The van der Waals surface area contributed by atoms with Gasteiger partial charge in [-0.3, -0.25) is 14.3 Å². The minimum atomic E-state index is -3.57. The van der Waals surface area contributed by atoms with Crippen molar-refractivity contribution in [2.24, 2.45) is 0 Å². The summed E-state index contributed by atoms with van der Waals surface area (Å²) >= 11 is 3.31. The summed E-state index contributed by atoms with van der Waals surface area (Å²) in [5.41, 5.74) is 1.11. The minimum Gasteiger partial charge on any atom is -0.326 e. The average Bonchev–Trinajstić information content (AvgIpc) is 2.46. The molecule has 2 aromatic carbocycles. The van der Waals surface area contributed by atoms with E-state index in [4.69, 9.17) is 0 Å². The highest BCUT2D eigenvalue weighted by Crippen LogP contribution is 2.24. The van der Waals surface area contributed by atoms with Crippen LogP contribution in [0.25, 0.3) is 0 Å². The van der Waals surface area contributed by atoms with E-state index in [0.717, 1.165) is 10.7 Å². The number of carbonyl (C=O) groups excluding carboxylic acids is 2. The van der Waals surface area contributed by atoms with Gasteiger partial charge in [0.2, 0.25) is 15.9 Å². The fraction of sp³-hybridized carbons (Fsp3) is 0.125. The summed E-state index contributed by atoms with van der Waals surface area (Å²) in [5, 5.41) is 5.25. The Morgan fingerprint density at radius 3 is 2.28 bits per heavy atom. The van der Waals surface area contributed by atoms with E-state index in [-0.39, 0.29) is 17.2 Å². The van der Waals surface area contributed by atoms with Crippen molar-refractivity contribution < 1.29 is 18.0 Å². The molecule has 0 spiro atoms. The maximum atomic E-state index is 12.6. The fourth-order valence-electron chi connectivity index (χ4n) is 2.07. The Bertz CT molecular complexity index is 929. The van der Waals surface area contributed by atoms with Crippen LogP contribution in [0.15, 0.2) is 46.9 Å². The van der Waals surface area contributed by atoms with E-state index in [2.05, 4.69) is 31.3 Å². The van der Waals surface area contributed by atoms with Gasteiger partial charge in [-0.2, -0.15) is 0 Å². The third kappa shape index (κ3) is 5.87. The highest BCUT2D eigenvalue weighted by Gasteiger charge is 2.16. The van der Waals surface area contributed by atoms with Crippen molar-refractivity contribution in [1.29, 1.82) is 0 Å². The lowest BCUT2D eigenvalue weighted by molar-refractivity contribution is -0.114. The first-order valence-corrected chi connectivity index (χ1v) is 9.79. The molecule has 0 aliphatic rings. The van der Waals surface area contributed by atoms with Gasteiger partial charge in [-0.1, -0.05) is 22.0 Å². The van der Waals surface area contributed by atoms with Gasteiger partial charge < -0.3 is 10.6 Å². The molecule has 0 aromatic heterocycles. The van der Waals surface area contributed by atoms with Gasteiger partial charge in [0.1, 0.15) is 0 Å². The normalized spacial score (nSPS) is 10.8. The molecule has 0 unspecified atom stereocenters. The third-order valence-electron chi connectivity index (χ3n) is 2.96. The van der Waals surface area contributed by atoms with Crippen molar-refractivity contribution in [3.05, 3.63) is 52.5 Å². The molecule has 0 atom stereocenters. The summed E-state index contributed by atoms with van der Waals surface area (Å²) in [4.78, 5) is 23.8. The van der Waals surface area contributed by atoms with Gasteiger partial charge in [0.25, 0.3) is 5.91 Å². The first-order valence-electron chi connectivity index (χ1n) is 7.10. The average molecular weight is 426 g/mol. The molecule has 2 amide bonds. The van der Waals surface area contributed by atoms with Crippen molar-refractivity contribution in [3.8, 4) is 0 Å². The zero-order valence-electron chi connectivity index (χ0n) is 13.5. The van der Waals surface area contributed by atoms with Crippen molar-refractivity contribution in [1.82, 2.24) is 0 Å². The number of anilines is 3. The fourth-order valence-corrected chi connectivity index (χ4v) is 3.04. The van der Waals surface area contributed by atoms with Crippen LogP contribution in [-0.2, 0) is 14.8 Å². The second-order valence-electron chi connectivity index (χ2n) is 5.28. The highest BCUT2D eigenvalue weighted by molar-refractivity contribution is 9.10. The summed E-state index contributed by atoms with van der Waals surface area (Å²) in [6.07, 6.45) is 0.991. The standard InChI is InChI=1S/C16H16BrN3O4S/c1-10(21)18-13-6-7-15(20-25(2,23)24)14(9-13)16(22)19-12-5-3-4-11(17)8-12/h3-9,20H,1-2H3,(H,18,21)(H,19,22). The van der Waals surface area contributed by atoms with Gasteiger partial charge in [-0.15, -0.1) is 0 Å². The summed E-state index contributed by atoms with van der Waals surface area (Å²) < 4.78 is 26.1. The summed E-state index contributed by atoms with van der Waals surface area (Å²) in [5.74, 6) is -0.821. The Morgan fingerprint density at radius 1 is 1.00 bits per heavy atom. The van der Waals surface area contributed by atoms with Crippen LogP contribution in [0.2, 0.25) is 0 Å². The van der Waals surface area contributed by atoms with E-state index in [1.165, 1.54) is 25.1 Å². The molecule has 132 valence electrons. The number of hydrogen-bond acceptors (Lipinski definition) is 4. The molecule has 0 aliphatic carbocycles. The van der Waals surface area contributed by atoms with Crippen LogP contribution >= 0.6 is 15.9 Å². The Kier molecular flexibility index (Phi) is 5.81. The van der Waals surface area contributed by atoms with Crippen molar-refractivity contribution in [3.63, 3.8) is 0 Å². The lowest BCUT2D eigenvalue weighted by Crippen LogP contribution is -2.18. The molecule has 0 saturated heterocycles. The van der Waals surface area contributed by atoms with E-state index < -0.39 is 15.9 Å². The molecular weight excluding hydrogens is 410 g/mol. The van der Waals surface area contributed by atoms with Gasteiger partial charge >= 0.3 is 0 Å². The number of sulfonamides is 1. The Balaban J connectivity index is 2.39. The van der Waals surface area contributed by atoms with Crippen LogP contribution in [-0.4, -0.2) is 26.5 Å². The van der Waals surface area contributed by atoms with Gasteiger partial charge in [-0.05, 0) is 36.4 Å². The molecule has 3 N–H and O–H groups in total. The van der Waals surface area contributed by atoms with Crippen LogP contribution in [0, 0.1) is 0 Å². The van der Waals surface area contributed by atoms with Gasteiger partial charge in [0, 0.05) is 22.8 Å². The van der Waals surface area contributed by atoms with Crippen LogP contribution < -0.4 is 15.4 Å². The maximum absolute atomic E-state index is 12.6. The third-order valence-corrected chi connectivity index (χ3v) is 4.05. The number of benzene rings is 2. The van der Waals surface area contributed by atoms with Crippen LogP contribution in [0.5, 0.6) is 0 Å². The van der Waals surface area contributed by atoms with E-state index in [0.29, 0.717) is 11.4 Å². The zero-order valence-corrected chi connectivity index (χ0v) is 15.9. The van der Waals surface area contributed by atoms with Crippen LogP contribution in [0.4, 0.5) is 17.1 Å². The molecule has 2 rings (SSSR count). The Labute approximate surface area is 154 Å². The van der Waals surface area contributed by atoms with E-state index in [1.54, 1.807) is 18.2 Å². The molecule has 7 nitrogen and oxygen atoms in total. The Hall–Kier alpha value is -2.39. The molecule has 0 fully saturated rings. The quantitative estimate of drug-likeness (QED) is 0.684. The van der Waals surface area contributed by atoms with Gasteiger partial charge in [-0.25, -0.2) is 8.42 Å². The number of nitrogens with one attached hydrogen (secondary N) is 3. The van der Waals surface area contributed by atoms with Gasteiger partial charge in [0.05, 0.1) is 17.5 Å². The molecule has 2 aromatic rings. The molecule has 0 radical (unpaired) electrons. The lowest BCUT2D eigenvalue weighted by Gasteiger charge is -2.13. The predicted molar refractivity (Wildman–Crippen MR) is 101 cm³/mol. The number of rotatable bonds is 5. The van der Waals surface area contributed by atoms with Crippen LogP contribution in [0.3, 0.4) is 0 Å². The first-order chi connectivity index (χ1) is 11.6. The summed E-state index contributed by atoms with van der Waals surface area (Å²) in [6.45, 7) is 1.34. The minimum absolute atomic E-state index is 0.0802. The molecule has 0 heterocycles. The lowest BCUT2D eigenvalue weighted by atomic mass is 10.1. The summed E-state index contributed by atoms with van der Waals surface area (Å²) in [6, 6.07) is 11.3. The molecule has 0 bridgehead atoms. The number of halogens is 1. The monoisotopic (exact) mass is 425 g/mol. The van der Waals surface area contributed by atoms with Crippen molar-refractivity contribution in [2.45, 2.75) is 6.92 Å². The topological polar surface area (TPSA) is 104 Å². The Morgan fingerprint density at radius 2 is 1.68 bits per heavy atom. The largest absolute Gasteiger partial charge is 0.326 e. The van der Waals surface area contributed by atoms with Crippen molar-refractivity contribution >= 4 is 54.8 Å². The van der Waals surface area contributed by atoms with Gasteiger partial charge in [0.15, 0.2) is 0 Å². The number of hydrogen-bond donors (Lipinski definition) is 3. The highest BCUT2D eigenvalue weighted by atomic mass is 79.9. The SMILES string of the molecule is CC(=O)Nc1ccc(NS(C)(=O)=O)c(C(=O)Nc2cccc(Br)c2)c1. The number of carbonyl (C=O) groups is 2. The molecular formula is C16H16BrN3O4S. The van der Waals surface area contributed by atoms with E-state index in [9.17, 15) is 18.0 Å². The van der Waals surface area contributed by atoms with Crippen molar-refractivity contribution in [2.75, 3.05) is 21.6 Å². The van der Waals surface area contributed by atoms with Crippen LogP contribution in [0.1, 0.15) is 17.3 Å². The second-order valence-corrected chi connectivity index (χ2v) is 7.94. The zero-order chi connectivity index (χ0) is 18.6. The molecule has 0 saturated carbocycles. The molecule has 25 heavy (non-hydrogen) atoms. The number of amides is 2.